The minimum atomic E-state index is -3.68. The molecule has 9 heteroatoms. The number of carbonyl (C=O) groups is 1. The molecule has 1 saturated heterocycles. The van der Waals surface area contributed by atoms with Gasteiger partial charge in [-0.1, -0.05) is 11.2 Å². The lowest BCUT2D eigenvalue weighted by atomic mass is 10.1. The molecule has 25 heavy (non-hydrogen) atoms. The Bertz CT molecular complexity index is 884. The standard InChI is InChI=1S/C16H19N3O4S2/c1-9-15(10(2)23-18-9)25(21,22)19-8-11-6-12(13(19)7-11)17-16(20)14-4-3-5-24-14/h3-5,11-13H,6-8H2,1-2H3,(H,17,20). The van der Waals surface area contributed by atoms with Gasteiger partial charge in [-0.25, -0.2) is 8.42 Å². The number of rotatable bonds is 4. The summed E-state index contributed by atoms with van der Waals surface area (Å²) in [6.07, 6.45) is 1.59. The molecule has 1 N–H and O–H groups in total. The van der Waals surface area contributed by atoms with Crippen LogP contribution in [0.2, 0.25) is 0 Å². The van der Waals surface area contributed by atoms with Crippen LogP contribution in [0, 0.1) is 19.8 Å². The molecule has 7 nitrogen and oxygen atoms in total. The normalized spacial score (nSPS) is 26.2. The van der Waals surface area contributed by atoms with E-state index >= 15 is 0 Å². The van der Waals surface area contributed by atoms with Gasteiger partial charge in [0.2, 0.25) is 10.0 Å². The van der Waals surface area contributed by atoms with Gasteiger partial charge >= 0.3 is 0 Å². The zero-order chi connectivity index (χ0) is 17.8. The molecule has 1 aliphatic heterocycles. The maximum absolute atomic E-state index is 13.1. The smallest absolute Gasteiger partial charge is 0.261 e. The van der Waals surface area contributed by atoms with E-state index in [1.54, 1.807) is 19.9 Å². The number of hydrogen-bond donors (Lipinski definition) is 1. The Morgan fingerprint density at radius 3 is 2.80 bits per heavy atom. The predicted molar refractivity (Wildman–Crippen MR) is 92.0 cm³/mol. The molecule has 1 saturated carbocycles. The second-order valence-corrected chi connectivity index (χ2v) is 9.47. The summed E-state index contributed by atoms with van der Waals surface area (Å²) < 4.78 is 32.8. The average molecular weight is 381 g/mol. The summed E-state index contributed by atoms with van der Waals surface area (Å²) >= 11 is 1.38. The predicted octanol–water partition coefficient (Wildman–Crippen LogP) is 1.93. The largest absolute Gasteiger partial charge is 0.360 e. The number of hydrogen-bond acceptors (Lipinski definition) is 6. The summed E-state index contributed by atoms with van der Waals surface area (Å²) in [6, 6.07) is 3.22. The van der Waals surface area contributed by atoms with Crippen molar-refractivity contribution in [1.82, 2.24) is 14.8 Å². The first-order valence-electron chi connectivity index (χ1n) is 8.17. The van der Waals surface area contributed by atoms with Gasteiger partial charge in [0, 0.05) is 18.6 Å². The Labute approximate surface area is 150 Å². The van der Waals surface area contributed by atoms with Gasteiger partial charge in [-0.05, 0) is 44.1 Å². The molecule has 2 aromatic rings. The van der Waals surface area contributed by atoms with E-state index in [1.807, 2.05) is 11.4 Å². The van der Waals surface area contributed by atoms with E-state index in [-0.39, 0.29) is 28.8 Å². The lowest BCUT2D eigenvalue weighted by Crippen LogP contribution is -2.51. The van der Waals surface area contributed by atoms with Crippen molar-refractivity contribution in [1.29, 1.82) is 0 Å². The third kappa shape index (κ3) is 2.70. The molecule has 2 aromatic heterocycles. The Balaban J connectivity index is 1.58. The molecule has 2 bridgehead atoms. The Kier molecular flexibility index (Phi) is 3.97. The quantitative estimate of drug-likeness (QED) is 0.874. The zero-order valence-corrected chi connectivity index (χ0v) is 15.6. The first kappa shape index (κ1) is 16.7. The van der Waals surface area contributed by atoms with Gasteiger partial charge in [-0.2, -0.15) is 4.31 Å². The van der Waals surface area contributed by atoms with E-state index in [2.05, 4.69) is 10.5 Å². The van der Waals surface area contributed by atoms with E-state index in [0.717, 1.165) is 12.8 Å². The number of sulfonamides is 1. The lowest BCUT2D eigenvalue weighted by Gasteiger charge is -2.32. The van der Waals surface area contributed by atoms with Crippen LogP contribution in [0.25, 0.3) is 0 Å². The second kappa shape index (κ2) is 5.93. The van der Waals surface area contributed by atoms with Crippen LogP contribution in [0.3, 0.4) is 0 Å². The number of thiophene rings is 1. The van der Waals surface area contributed by atoms with Gasteiger partial charge in [0.25, 0.3) is 5.91 Å². The van der Waals surface area contributed by atoms with Crippen molar-refractivity contribution < 1.29 is 17.7 Å². The van der Waals surface area contributed by atoms with Crippen molar-refractivity contribution in [2.24, 2.45) is 5.92 Å². The minimum Gasteiger partial charge on any atom is -0.360 e. The number of amides is 1. The minimum absolute atomic E-state index is 0.137. The van der Waals surface area contributed by atoms with Gasteiger partial charge < -0.3 is 9.84 Å². The fourth-order valence-corrected chi connectivity index (χ4v) is 6.68. The van der Waals surface area contributed by atoms with Crippen LogP contribution >= 0.6 is 11.3 Å². The molecule has 2 fully saturated rings. The summed E-state index contributed by atoms with van der Waals surface area (Å²) in [5, 5.41) is 8.63. The van der Waals surface area contributed by atoms with Crippen LogP contribution in [0.4, 0.5) is 0 Å². The van der Waals surface area contributed by atoms with Gasteiger partial charge in [0.1, 0.15) is 10.6 Å². The number of carbonyl (C=O) groups excluding carboxylic acids is 1. The van der Waals surface area contributed by atoms with Gasteiger partial charge in [0.05, 0.1) is 4.88 Å². The van der Waals surface area contributed by atoms with Crippen molar-refractivity contribution in [2.45, 2.75) is 43.7 Å². The molecule has 3 unspecified atom stereocenters. The summed E-state index contributed by atoms with van der Waals surface area (Å²) in [6.45, 7) is 3.73. The highest BCUT2D eigenvalue weighted by Gasteiger charge is 2.51. The number of nitrogens with one attached hydrogen (secondary N) is 1. The highest BCUT2D eigenvalue weighted by molar-refractivity contribution is 7.89. The van der Waals surface area contributed by atoms with Crippen molar-refractivity contribution in [3.05, 3.63) is 33.8 Å². The van der Waals surface area contributed by atoms with E-state index in [4.69, 9.17) is 4.52 Å². The SMILES string of the molecule is Cc1noc(C)c1S(=O)(=O)N1CC2CC(NC(=O)c3cccs3)C1C2. The summed E-state index contributed by atoms with van der Waals surface area (Å²) in [7, 11) is -3.68. The summed E-state index contributed by atoms with van der Waals surface area (Å²) in [5.41, 5.74) is 0.374. The van der Waals surface area contributed by atoms with Gasteiger partial charge in [-0.15, -0.1) is 11.3 Å². The molecular weight excluding hydrogens is 362 g/mol. The fourth-order valence-electron chi connectivity index (χ4n) is 4.01. The average Bonchev–Trinajstić information content (AvgIpc) is 3.30. The Morgan fingerprint density at radius 2 is 2.20 bits per heavy atom. The highest BCUT2D eigenvalue weighted by Crippen LogP contribution is 2.41. The van der Waals surface area contributed by atoms with Crippen molar-refractivity contribution >= 4 is 27.3 Å². The first-order valence-corrected chi connectivity index (χ1v) is 10.5. The molecule has 134 valence electrons. The topological polar surface area (TPSA) is 92.5 Å². The van der Waals surface area contributed by atoms with Crippen molar-refractivity contribution in [3.63, 3.8) is 0 Å². The lowest BCUT2D eigenvalue weighted by molar-refractivity contribution is 0.0921. The van der Waals surface area contributed by atoms with E-state index in [0.29, 0.717) is 22.9 Å². The maximum atomic E-state index is 13.1. The van der Waals surface area contributed by atoms with Gasteiger partial charge in [0.15, 0.2) is 5.76 Å². The van der Waals surface area contributed by atoms with Crippen LogP contribution in [0.1, 0.15) is 34.0 Å². The molecule has 4 rings (SSSR count). The second-order valence-electron chi connectivity index (χ2n) is 6.69. The molecular formula is C16H19N3O4S2. The number of piperidine rings is 1. The highest BCUT2D eigenvalue weighted by atomic mass is 32.2. The Hall–Kier alpha value is -1.71. The third-order valence-corrected chi connectivity index (χ3v) is 8.04. The van der Waals surface area contributed by atoms with Crippen LogP contribution in [0.5, 0.6) is 0 Å². The molecule has 3 atom stereocenters. The summed E-state index contributed by atoms with van der Waals surface area (Å²) in [4.78, 5) is 13.1. The van der Waals surface area contributed by atoms with E-state index in [9.17, 15) is 13.2 Å². The number of fused-ring (bicyclic) bond motifs is 2. The number of aryl methyl sites for hydroxylation is 2. The van der Waals surface area contributed by atoms with Crippen LogP contribution < -0.4 is 5.32 Å². The molecule has 2 aliphatic rings. The monoisotopic (exact) mass is 381 g/mol. The third-order valence-electron chi connectivity index (χ3n) is 5.03. The molecule has 3 heterocycles. The molecule has 0 aromatic carbocycles. The van der Waals surface area contributed by atoms with Crippen LogP contribution in [0.15, 0.2) is 26.9 Å². The molecule has 0 radical (unpaired) electrons. The fraction of sp³-hybridized carbons (Fsp3) is 0.500. The molecule has 1 amide bonds. The van der Waals surface area contributed by atoms with Crippen molar-refractivity contribution in [3.8, 4) is 0 Å². The van der Waals surface area contributed by atoms with E-state index in [1.165, 1.54) is 15.6 Å². The van der Waals surface area contributed by atoms with E-state index < -0.39 is 10.0 Å². The summed E-state index contributed by atoms with van der Waals surface area (Å²) in [5.74, 6) is 0.440. The number of nitrogens with zero attached hydrogens (tertiary/aromatic N) is 2. The number of aromatic nitrogens is 1. The molecule has 0 spiro atoms. The molecule has 1 aliphatic carbocycles. The van der Waals surface area contributed by atoms with Crippen molar-refractivity contribution in [2.75, 3.05) is 6.54 Å². The first-order chi connectivity index (χ1) is 11.9. The maximum Gasteiger partial charge on any atom is 0.261 e. The van der Waals surface area contributed by atoms with Crippen LogP contribution in [-0.4, -0.2) is 42.4 Å². The zero-order valence-electron chi connectivity index (χ0n) is 13.9. The van der Waals surface area contributed by atoms with Gasteiger partial charge in [-0.3, -0.25) is 4.79 Å². The Morgan fingerprint density at radius 1 is 1.40 bits per heavy atom. The van der Waals surface area contributed by atoms with Crippen LogP contribution in [-0.2, 0) is 10.0 Å².